The van der Waals surface area contributed by atoms with Gasteiger partial charge < -0.3 is 4.42 Å². The van der Waals surface area contributed by atoms with E-state index >= 15 is 0 Å². The van der Waals surface area contributed by atoms with Crippen LogP contribution in [0, 0.1) is 6.92 Å². The van der Waals surface area contributed by atoms with Crippen molar-refractivity contribution in [1.82, 2.24) is 24.5 Å². The van der Waals surface area contributed by atoms with Crippen LogP contribution in [0.3, 0.4) is 0 Å². The van der Waals surface area contributed by atoms with E-state index in [9.17, 15) is 0 Å². The predicted octanol–water partition coefficient (Wildman–Crippen LogP) is 5.37. The normalized spacial score (nSPS) is 11.1. The second-order valence-electron chi connectivity index (χ2n) is 7.20. The fourth-order valence-corrected chi connectivity index (χ4v) is 4.27. The van der Waals surface area contributed by atoms with E-state index in [1.54, 1.807) is 18.0 Å². The van der Waals surface area contributed by atoms with Gasteiger partial charge in [-0.3, -0.25) is 4.57 Å². The van der Waals surface area contributed by atoms with Crippen LogP contribution in [0.5, 0.6) is 0 Å². The molecule has 0 spiro atoms. The largest absolute Gasteiger partial charge is 0.467 e. The molecule has 2 aromatic carbocycles. The summed E-state index contributed by atoms with van der Waals surface area (Å²) in [5.74, 6) is 2.46. The first-order valence-electron chi connectivity index (χ1n) is 10.0. The van der Waals surface area contributed by atoms with Gasteiger partial charge in [0.2, 0.25) is 0 Å². The van der Waals surface area contributed by atoms with Crippen molar-refractivity contribution >= 4 is 11.8 Å². The van der Waals surface area contributed by atoms with E-state index in [0.717, 1.165) is 44.9 Å². The monoisotopic (exact) mass is 427 g/mol. The van der Waals surface area contributed by atoms with Crippen LogP contribution in [0.15, 0.2) is 95.0 Å². The molecule has 0 saturated carbocycles. The summed E-state index contributed by atoms with van der Waals surface area (Å²) in [7, 11) is 0. The number of rotatable bonds is 7. The molecule has 0 atom stereocenters. The van der Waals surface area contributed by atoms with E-state index in [1.807, 2.05) is 65.5 Å². The van der Waals surface area contributed by atoms with E-state index in [1.165, 1.54) is 0 Å². The van der Waals surface area contributed by atoms with Gasteiger partial charge in [-0.2, -0.15) is 5.10 Å². The van der Waals surface area contributed by atoms with E-state index in [0.29, 0.717) is 6.54 Å². The minimum atomic E-state index is 0.579. The first kappa shape index (κ1) is 19.4. The van der Waals surface area contributed by atoms with Crippen LogP contribution in [0.2, 0.25) is 0 Å². The van der Waals surface area contributed by atoms with Gasteiger partial charge in [0.15, 0.2) is 11.0 Å². The zero-order chi connectivity index (χ0) is 21.0. The highest BCUT2D eigenvalue weighted by Crippen LogP contribution is 2.29. The number of aryl methyl sites for hydroxylation is 1. The third-order valence-corrected chi connectivity index (χ3v) is 6.06. The van der Waals surface area contributed by atoms with Gasteiger partial charge in [-0.15, -0.1) is 10.2 Å². The number of hydrogen-bond acceptors (Lipinski definition) is 5. The Kier molecular flexibility index (Phi) is 5.41. The molecule has 0 N–H and O–H groups in total. The summed E-state index contributed by atoms with van der Waals surface area (Å²) >= 11 is 1.65. The summed E-state index contributed by atoms with van der Waals surface area (Å²) in [5.41, 5.74) is 4.40. The number of hydrogen-bond donors (Lipinski definition) is 0. The fourth-order valence-electron chi connectivity index (χ4n) is 3.42. The molecule has 0 amide bonds. The van der Waals surface area contributed by atoms with Gasteiger partial charge >= 0.3 is 0 Å². The molecule has 0 radical (unpaired) electrons. The van der Waals surface area contributed by atoms with E-state index in [4.69, 9.17) is 4.42 Å². The number of thioether (sulfide) groups is 1. The maximum atomic E-state index is 5.60. The highest BCUT2D eigenvalue weighted by atomic mass is 32.2. The molecule has 0 unspecified atom stereocenters. The summed E-state index contributed by atoms with van der Waals surface area (Å²) in [6.07, 6.45) is 5.64. The van der Waals surface area contributed by atoms with Crippen molar-refractivity contribution in [1.29, 1.82) is 0 Å². The molecule has 0 aliphatic rings. The summed E-state index contributed by atoms with van der Waals surface area (Å²) in [6, 6.07) is 22.2. The van der Waals surface area contributed by atoms with Gasteiger partial charge in [-0.05, 0) is 36.8 Å². The van der Waals surface area contributed by atoms with Crippen LogP contribution in [0.25, 0.3) is 17.1 Å². The van der Waals surface area contributed by atoms with Crippen molar-refractivity contribution in [2.45, 2.75) is 24.4 Å². The maximum absolute atomic E-state index is 5.60. The minimum absolute atomic E-state index is 0.579. The van der Waals surface area contributed by atoms with Crippen LogP contribution >= 0.6 is 11.8 Å². The Hall–Kier alpha value is -3.58. The molecule has 0 aliphatic carbocycles. The Bertz CT molecular complexity index is 1270. The molecule has 0 saturated heterocycles. The Morgan fingerprint density at radius 3 is 2.58 bits per heavy atom. The Morgan fingerprint density at radius 1 is 0.935 bits per heavy atom. The molecule has 0 bridgehead atoms. The van der Waals surface area contributed by atoms with Crippen molar-refractivity contribution in [2.75, 3.05) is 0 Å². The molecule has 0 fully saturated rings. The van der Waals surface area contributed by atoms with Crippen LogP contribution in [-0.4, -0.2) is 24.5 Å². The molecule has 31 heavy (non-hydrogen) atoms. The number of furan rings is 1. The zero-order valence-electron chi connectivity index (χ0n) is 17.0. The van der Waals surface area contributed by atoms with Crippen LogP contribution < -0.4 is 0 Å². The first-order valence-corrected chi connectivity index (χ1v) is 11.0. The molecule has 3 heterocycles. The van der Waals surface area contributed by atoms with Crippen molar-refractivity contribution in [3.63, 3.8) is 0 Å². The average Bonchev–Trinajstić information content (AvgIpc) is 3.56. The van der Waals surface area contributed by atoms with Gasteiger partial charge in [0.05, 0.1) is 24.7 Å². The van der Waals surface area contributed by atoms with Gasteiger partial charge in [-0.1, -0.05) is 54.2 Å². The number of nitrogens with zero attached hydrogens (tertiary/aromatic N) is 5. The van der Waals surface area contributed by atoms with Crippen LogP contribution in [-0.2, 0) is 12.3 Å². The lowest BCUT2D eigenvalue weighted by Gasteiger charge is -2.10. The highest BCUT2D eigenvalue weighted by Gasteiger charge is 2.17. The Balaban J connectivity index is 1.41. The van der Waals surface area contributed by atoms with Crippen molar-refractivity contribution in [2.24, 2.45) is 0 Å². The minimum Gasteiger partial charge on any atom is -0.467 e. The lowest BCUT2D eigenvalue weighted by atomic mass is 10.1. The second kappa shape index (κ2) is 8.65. The lowest BCUT2D eigenvalue weighted by molar-refractivity contribution is 0.485. The molecule has 3 aromatic heterocycles. The van der Waals surface area contributed by atoms with Gasteiger partial charge in [-0.25, -0.2) is 4.68 Å². The smallest absolute Gasteiger partial charge is 0.192 e. The van der Waals surface area contributed by atoms with Crippen molar-refractivity contribution in [3.8, 4) is 17.1 Å². The van der Waals surface area contributed by atoms with Crippen molar-refractivity contribution in [3.05, 3.63) is 102 Å². The van der Waals surface area contributed by atoms with E-state index in [2.05, 4.69) is 45.1 Å². The van der Waals surface area contributed by atoms with Gasteiger partial charge in [0, 0.05) is 23.1 Å². The third-order valence-electron chi connectivity index (χ3n) is 5.02. The Labute approximate surface area is 184 Å². The molecular weight excluding hydrogens is 406 g/mol. The summed E-state index contributed by atoms with van der Waals surface area (Å²) in [5, 5.41) is 14.4. The SMILES string of the molecule is Cc1ccccc1-c1nnc(SCc2cnn(-c3ccccc3)c2)n1Cc1ccco1. The molecule has 6 nitrogen and oxygen atoms in total. The van der Waals surface area contributed by atoms with Crippen molar-refractivity contribution < 1.29 is 4.42 Å². The zero-order valence-corrected chi connectivity index (χ0v) is 17.9. The Morgan fingerprint density at radius 2 is 1.77 bits per heavy atom. The first-order chi connectivity index (χ1) is 15.3. The molecule has 5 rings (SSSR count). The van der Waals surface area contributed by atoms with Crippen LogP contribution in [0.4, 0.5) is 0 Å². The molecule has 0 aliphatic heterocycles. The van der Waals surface area contributed by atoms with Gasteiger partial charge in [0.25, 0.3) is 0 Å². The topological polar surface area (TPSA) is 61.7 Å². The molecule has 5 aromatic rings. The summed E-state index contributed by atoms with van der Waals surface area (Å²) in [6.45, 7) is 2.67. The van der Waals surface area contributed by atoms with E-state index in [-0.39, 0.29) is 0 Å². The number of benzene rings is 2. The summed E-state index contributed by atoms with van der Waals surface area (Å²) < 4.78 is 9.61. The van der Waals surface area contributed by atoms with Gasteiger partial charge in [0.1, 0.15) is 5.76 Å². The standard InChI is InChI=1S/C24H21N5OS/c1-18-8-5-6-12-22(18)23-26-27-24(28(23)16-21-11-7-13-30-21)31-17-19-14-25-29(15-19)20-9-3-2-4-10-20/h2-15H,16-17H2,1H3. The molecule has 154 valence electrons. The summed E-state index contributed by atoms with van der Waals surface area (Å²) in [4.78, 5) is 0. The number of para-hydroxylation sites is 1. The second-order valence-corrected chi connectivity index (χ2v) is 8.15. The van der Waals surface area contributed by atoms with Crippen LogP contribution in [0.1, 0.15) is 16.9 Å². The fraction of sp³-hybridized carbons (Fsp3) is 0.125. The molecular formula is C24H21N5OS. The lowest BCUT2D eigenvalue weighted by Crippen LogP contribution is -2.04. The third kappa shape index (κ3) is 4.18. The quantitative estimate of drug-likeness (QED) is 0.327. The maximum Gasteiger partial charge on any atom is 0.192 e. The van der Waals surface area contributed by atoms with E-state index < -0.39 is 0 Å². The molecule has 7 heteroatoms. The highest BCUT2D eigenvalue weighted by molar-refractivity contribution is 7.98. The predicted molar refractivity (Wildman–Crippen MR) is 121 cm³/mol. The average molecular weight is 428 g/mol. The number of aromatic nitrogens is 5.